The zero-order chi connectivity index (χ0) is 17.8. The summed E-state index contributed by atoms with van der Waals surface area (Å²) in [5.41, 5.74) is 4.58. The fourth-order valence-electron chi connectivity index (χ4n) is 3.17. The van der Waals surface area contributed by atoms with Gasteiger partial charge in [-0.15, -0.1) is 12.4 Å². The largest absolute Gasteiger partial charge is 0.495 e. The van der Waals surface area contributed by atoms with Gasteiger partial charge in [0.05, 0.1) is 12.8 Å². The maximum absolute atomic E-state index is 12.5. The summed E-state index contributed by atoms with van der Waals surface area (Å²) in [5, 5.41) is 2.95. The minimum absolute atomic E-state index is 0. The van der Waals surface area contributed by atoms with Crippen LogP contribution in [0.3, 0.4) is 0 Å². The summed E-state index contributed by atoms with van der Waals surface area (Å²) in [6.45, 7) is 7.37. The van der Waals surface area contributed by atoms with E-state index in [2.05, 4.69) is 42.3 Å². The number of rotatable bonds is 3. The number of ether oxygens (including phenoxy) is 1. The van der Waals surface area contributed by atoms with E-state index in [0.717, 1.165) is 13.1 Å². The Bertz CT molecular complexity index is 758. The zero-order valence-corrected chi connectivity index (χ0v) is 16.3. The molecular formula is C20H26ClN3O2. The van der Waals surface area contributed by atoms with E-state index in [1.807, 2.05) is 29.2 Å². The van der Waals surface area contributed by atoms with Crippen LogP contribution in [0.4, 0.5) is 16.2 Å². The smallest absolute Gasteiger partial charge is 0.322 e. The lowest BCUT2D eigenvalue weighted by Gasteiger charge is -2.37. The Labute approximate surface area is 161 Å². The number of piperazine rings is 1. The van der Waals surface area contributed by atoms with Crippen LogP contribution in [0.1, 0.15) is 11.1 Å². The monoisotopic (exact) mass is 375 g/mol. The first kappa shape index (κ1) is 19.9. The zero-order valence-electron chi connectivity index (χ0n) is 15.5. The van der Waals surface area contributed by atoms with Gasteiger partial charge in [-0.05, 0) is 43.2 Å². The molecule has 2 aromatic rings. The average Bonchev–Trinajstić information content (AvgIpc) is 2.64. The van der Waals surface area contributed by atoms with Gasteiger partial charge in [0.25, 0.3) is 0 Å². The Morgan fingerprint density at radius 3 is 2.38 bits per heavy atom. The number of para-hydroxylation sites is 2. The molecule has 140 valence electrons. The van der Waals surface area contributed by atoms with Crippen molar-refractivity contribution in [2.45, 2.75) is 13.8 Å². The van der Waals surface area contributed by atoms with Crippen LogP contribution in [-0.4, -0.2) is 44.2 Å². The van der Waals surface area contributed by atoms with Gasteiger partial charge in [0.1, 0.15) is 5.75 Å². The molecule has 0 radical (unpaired) electrons. The quantitative estimate of drug-likeness (QED) is 0.878. The van der Waals surface area contributed by atoms with Crippen molar-refractivity contribution in [3.8, 4) is 5.75 Å². The number of hydrogen-bond acceptors (Lipinski definition) is 3. The fourth-order valence-corrected chi connectivity index (χ4v) is 3.17. The molecule has 1 fully saturated rings. The van der Waals surface area contributed by atoms with Gasteiger partial charge in [-0.25, -0.2) is 4.79 Å². The van der Waals surface area contributed by atoms with Crippen molar-refractivity contribution in [1.29, 1.82) is 0 Å². The molecule has 2 amide bonds. The number of hydrogen-bond donors (Lipinski definition) is 1. The van der Waals surface area contributed by atoms with E-state index in [9.17, 15) is 4.79 Å². The topological polar surface area (TPSA) is 44.8 Å². The van der Waals surface area contributed by atoms with Gasteiger partial charge in [0.2, 0.25) is 0 Å². The van der Waals surface area contributed by atoms with Crippen molar-refractivity contribution >= 4 is 29.8 Å². The predicted molar refractivity (Wildman–Crippen MR) is 109 cm³/mol. The number of anilines is 2. The average molecular weight is 376 g/mol. The third kappa shape index (κ3) is 4.22. The SMILES string of the molecule is COc1ccccc1NC(=O)N1CCN(c2cccc(C)c2C)CC1.Cl. The van der Waals surface area contributed by atoms with Crippen LogP contribution in [0.25, 0.3) is 0 Å². The molecular weight excluding hydrogens is 350 g/mol. The molecule has 0 atom stereocenters. The van der Waals surface area contributed by atoms with Crippen LogP contribution in [-0.2, 0) is 0 Å². The van der Waals surface area contributed by atoms with Crippen molar-refractivity contribution < 1.29 is 9.53 Å². The number of aryl methyl sites for hydroxylation is 1. The summed E-state index contributed by atoms with van der Waals surface area (Å²) in [6, 6.07) is 13.8. The molecule has 0 bridgehead atoms. The van der Waals surface area contributed by atoms with Crippen molar-refractivity contribution in [1.82, 2.24) is 4.90 Å². The number of nitrogens with zero attached hydrogens (tertiary/aromatic N) is 2. The van der Waals surface area contributed by atoms with Crippen LogP contribution >= 0.6 is 12.4 Å². The summed E-state index contributed by atoms with van der Waals surface area (Å²) in [6.07, 6.45) is 0. The minimum Gasteiger partial charge on any atom is -0.495 e. The highest BCUT2D eigenvalue weighted by Gasteiger charge is 2.22. The van der Waals surface area contributed by atoms with Crippen LogP contribution in [0.2, 0.25) is 0 Å². The highest BCUT2D eigenvalue weighted by atomic mass is 35.5. The third-order valence-corrected chi connectivity index (χ3v) is 4.83. The number of carbonyl (C=O) groups excluding carboxylic acids is 1. The van der Waals surface area contributed by atoms with Gasteiger partial charge >= 0.3 is 6.03 Å². The number of halogens is 1. The summed E-state index contributed by atoms with van der Waals surface area (Å²) in [7, 11) is 1.61. The lowest BCUT2D eigenvalue weighted by Crippen LogP contribution is -2.50. The van der Waals surface area contributed by atoms with E-state index in [-0.39, 0.29) is 18.4 Å². The van der Waals surface area contributed by atoms with E-state index >= 15 is 0 Å². The summed E-state index contributed by atoms with van der Waals surface area (Å²) < 4.78 is 5.29. The Morgan fingerprint density at radius 1 is 1.00 bits per heavy atom. The minimum atomic E-state index is -0.0786. The normalized spacial score (nSPS) is 13.8. The molecule has 0 aliphatic carbocycles. The van der Waals surface area contributed by atoms with Crippen molar-refractivity contribution in [3.63, 3.8) is 0 Å². The van der Waals surface area contributed by atoms with Gasteiger partial charge in [0, 0.05) is 31.9 Å². The summed E-state index contributed by atoms with van der Waals surface area (Å²) in [5.74, 6) is 0.671. The second kappa shape index (κ2) is 8.81. The second-order valence-corrected chi connectivity index (χ2v) is 6.32. The first-order valence-corrected chi connectivity index (χ1v) is 8.60. The predicted octanol–water partition coefficient (Wildman–Crippen LogP) is 4.09. The molecule has 6 heteroatoms. The van der Waals surface area contributed by atoms with Crippen molar-refractivity contribution in [2.75, 3.05) is 43.5 Å². The molecule has 1 N–H and O–H groups in total. The molecule has 0 unspecified atom stereocenters. The number of carbonyl (C=O) groups is 1. The standard InChI is InChI=1S/C20H25N3O2.ClH/c1-15-7-6-9-18(16(15)2)22-11-13-23(14-12-22)20(24)21-17-8-4-5-10-19(17)25-3;/h4-10H,11-14H2,1-3H3,(H,21,24);1H. The number of urea groups is 1. The van der Waals surface area contributed by atoms with Crippen LogP contribution in [0.15, 0.2) is 42.5 Å². The third-order valence-electron chi connectivity index (χ3n) is 4.83. The first-order chi connectivity index (χ1) is 12.1. The maximum Gasteiger partial charge on any atom is 0.322 e. The van der Waals surface area contributed by atoms with Gasteiger partial charge in [-0.1, -0.05) is 24.3 Å². The molecule has 5 nitrogen and oxygen atoms in total. The molecule has 0 spiro atoms. The van der Waals surface area contributed by atoms with Gasteiger partial charge in [0.15, 0.2) is 0 Å². The highest BCUT2D eigenvalue weighted by molar-refractivity contribution is 5.91. The molecule has 0 aromatic heterocycles. The summed E-state index contributed by atoms with van der Waals surface area (Å²) >= 11 is 0. The van der Waals surface area contributed by atoms with E-state index in [0.29, 0.717) is 24.5 Å². The van der Waals surface area contributed by atoms with E-state index in [1.54, 1.807) is 7.11 Å². The van der Waals surface area contributed by atoms with E-state index < -0.39 is 0 Å². The molecule has 1 aliphatic heterocycles. The lowest BCUT2D eigenvalue weighted by molar-refractivity contribution is 0.208. The van der Waals surface area contributed by atoms with Gasteiger partial charge < -0.3 is 19.9 Å². The van der Waals surface area contributed by atoms with Crippen molar-refractivity contribution in [3.05, 3.63) is 53.6 Å². The molecule has 0 saturated carbocycles. The Hall–Kier alpha value is -2.40. The van der Waals surface area contributed by atoms with Gasteiger partial charge in [-0.2, -0.15) is 0 Å². The maximum atomic E-state index is 12.5. The number of amides is 2. The van der Waals surface area contributed by atoms with Crippen LogP contribution < -0.4 is 15.0 Å². The molecule has 2 aromatic carbocycles. The number of nitrogens with one attached hydrogen (secondary N) is 1. The molecule has 26 heavy (non-hydrogen) atoms. The Morgan fingerprint density at radius 2 is 1.69 bits per heavy atom. The number of methoxy groups -OCH3 is 1. The Kier molecular flexibility index (Phi) is 6.75. The Balaban J connectivity index is 0.00000243. The first-order valence-electron chi connectivity index (χ1n) is 8.60. The number of benzene rings is 2. The molecule has 1 saturated heterocycles. The van der Waals surface area contributed by atoms with Gasteiger partial charge in [-0.3, -0.25) is 0 Å². The van der Waals surface area contributed by atoms with E-state index in [4.69, 9.17) is 4.74 Å². The van der Waals surface area contributed by atoms with Crippen LogP contribution in [0, 0.1) is 13.8 Å². The molecule has 1 aliphatic rings. The fraction of sp³-hybridized carbons (Fsp3) is 0.350. The lowest BCUT2D eigenvalue weighted by atomic mass is 10.1. The molecule has 3 rings (SSSR count). The molecule has 1 heterocycles. The van der Waals surface area contributed by atoms with Crippen LogP contribution in [0.5, 0.6) is 5.75 Å². The highest BCUT2D eigenvalue weighted by Crippen LogP contribution is 2.25. The van der Waals surface area contributed by atoms with E-state index in [1.165, 1.54) is 16.8 Å². The van der Waals surface area contributed by atoms with Crippen molar-refractivity contribution in [2.24, 2.45) is 0 Å². The second-order valence-electron chi connectivity index (χ2n) is 6.32. The summed E-state index contributed by atoms with van der Waals surface area (Å²) in [4.78, 5) is 16.8.